The Morgan fingerprint density at radius 3 is 2.72 bits per heavy atom. The Balaban J connectivity index is 2.98. The van der Waals surface area contributed by atoms with E-state index in [9.17, 15) is 4.79 Å². The zero-order valence-electron chi connectivity index (χ0n) is 11.2. The van der Waals surface area contributed by atoms with Gasteiger partial charge in [0.15, 0.2) is 0 Å². The van der Waals surface area contributed by atoms with Crippen molar-refractivity contribution < 1.29 is 0 Å². The normalized spacial score (nSPS) is 12.8. The van der Waals surface area contributed by atoms with Gasteiger partial charge in [-0.2, -0.15) is 16.9 Å². The number of rotatable bonds is 6. The lowest BCUT2D eigenvalue weighted by Gasteiger charge is -2.18. The minimum absolute atomic E-state index is 0.0113. The lowest BCUT2D eigenvalue weighted by molar-refractivity contribution is 0.503. The summed E-state index contributed by atoms with van der Waals surface area (Å²) in [4.78, 5) is 12.0. The molecule has 6 heteroatoms. The number of anilines is 1. The summed E-state index contributed by atoms with van der Waals surface area (Å²) < 4.78 is 1.39. The van der Waals surface area contributed by atoms with Crippen molar-refractivity contribution in [1.29, 1.82) is 0 Å². The molecule has 0 aliphatic rings. The molecule has 18 heavy (non-hydrogen) atoms. The van der Waals surface area contributed by atoms with E-state index in [0.717, 1.165) is 12.2 Å². The first-order valence-corrected chi connectivity index (χ1v) is 7.81. The van der Waals surface area contributed by atoms with E-state index in [-0.39, 0.29) is 16.6 Å². The highest BCUT2D eigenvalue weighted by Crippen LogP contribution is 2.19. The first-order valence-electron chi connectivity index (χ1n) is 6.04. The van der Waals surface area contributed by atoms with Crippen LogP contribution in [0.25, 0.3) is 0 Å². The number of hydrogen-bond acceptors (Lipinski definition) is 4. The number of aromatic nitrogens is 2. The van der Waals surface area contributed by atoms with Crippen LogP contribution in [0.2, 0.25) is 5.02 Å². The smallest absolute Gasteiger partial charge is 0.287 e. The molecule has 1 unspecified atom stereocenters. The average Bonchev–Trinajstić information content (AvgIpc) is 2.33. The minimum Gasteiger partial charge on any atom is -0.379 e. The zero-order valence-corrected chi connectivity index (χ0v) is 12.8. The summed E-state index contributed by atoms with van der Waals surface area (Å²) in [5.41, 5.74) is 0.384. The summed E-state index contributed by atoms with van der Waals surface area (Å²) in [6, 6.07) is 0.311. The van der Waals surface area contributed by atoms with Crippen LogP contribution in [0.3, 0.4) is 0 Å². The number of halogens is 1. The van der Waals surface area contributed by atoms with Gasteiger partial charge in [0.1, 0.15) is 5.02 Å². The van der Waals surface area contributed by atoms with Crippen LogP contribution < -0.4 is 10.9 Å². The molecule has 0 aliphatic heterocycles. The van der Waals surface area contributed by atoms with Crippen LogP contribution in [0.4, 0.5) is 5.69 Å². The third-order valence-electron chi connectivity index (χ3n) is 2.65. The molecule has 1 rings (SSSR count). The number of nitrogens with zero attached hydrogens (tertiary/aromatic N) is 2. The van der Waals surface area contributed by atoms with Crippen molar-refractivity contribution in [2.45, 2.75) is 39.3 Å². The van der Waals surface area contributed by atoms with Gasteiger partial charge in [-0.1, -0.05) is 18.5 Å². The van der Waals surface area contributed by atoms with Gasteiger partial charge in [-0.3, -0.25) is 4.79 Å². The molecule has 0 radical (unpaired) electrons. The van der Waals surface area contributed by atoms with Crippen LogP contribution in [-0.4, -0.2) is 27.8 Å². The fraction of sp³-hybridized carbons (Fsp3) is 0.667. The summed E-state index contributed by atoms with van der Waals surface area (Å²) in [6.45, 7) is 5.91. The van der Waals surface area contributed by atoms with Gasteiger partial charge in [-0.15, -0.1) is 0 Å². The molecule has 0 spiro atoms. The SMILES string of the molecule is CCC(CSC)Nc1cnn(C(C)C)c(=O)c1Cl. The van der Waals surface area contributed by atoms with Gasteiger partial charge in [-0.25, -0.2) is 4.68 Å². The van der Waals surface area contributed by atoms with Gasteiger partial charge in [0, 0.05) is 11.8 Å². The van der Waals surface area contributed by atoms with Crippen LogP contribution in [-0.2, 0) is 0 Å². The van der Waals surface area contributed by atoms with E-state index < -0.39 is 0 Å². The summed E-state index contributed by atoms with van der Waals surface area (Å²) in [5.74, 6) is 0.972. The van der Waals surface area contributed by atoms with Gasteiger partial charge in [0.05, 0.1) is 17.9 Å². The van der Waals surface area contributed by atoms with E-state index in [0.29, 0.717) is 11.7 Å². The molecular formula is C12H20ClN3OS. The highest BCUT2D eigenvalue weighted by molar-refractivity contribution is 7.98. The fourth-order valence-corrected chi connectivity index (χ4v) is 2.51. The van der Waals surface area contributed by atoms with E-state index >= 15 is 0 Å². The van der Waals surface area contributed by atoms with Crippen molar-refractivity contribution in [3.05, 3.63) is 21.6 Å². The van der Waals surface area contributed by atoms with Crippen LogP contribution in [0.15, 0.2) is 11.0 Å². The maximum Gasteiger partial charge on any atom is 0.287 e. The molecule has 102 valence electrons. The van der Waals surface area contributed by atoms with Crippen molar-refractivity contribution in [3.8, 4) is 0 Å². The molecule has 1 N–H and O–H groups in total. The minimum atomic E-state index is -0.240. The molecule has 1 atom stereocenters. The molecule has 0 bridgehead atoms. The van der Waals surface area contributed by atoms with E-state index in [1.54, 1.807) is 18.0 Å². The zero-order chi connectivity index (χ0) is 13.7. The van der Waals surface area contributed by atoms with Gasteiger partial charge < -0.3 is 5.32 Å². The fourth-order valence-electron chi connectivity index (χ4n) is 1.60. The van der Waals surface area contributed by atoms with Crippen LogP contribution >= 0.6 is 23.4 Å². The molecule has 0 aromatic carbocycles. The van der Waals surface area contributed by atoms with Crippen molar-refractivity contribution in [1.82, 2.24) is 9.78 Å². The summed E-state index contributed by atoms with van der Waals surface area (Å²) >= 11 is 7.86. The van der Waals surface area contributed by atoms with Crippen LogP contribution in [0.5, 0.6) is 0 Å². The molecule has 1 aromatic heterocycles. The van der Waals surface area contributed by atoms with E-state index in [1.165, 1.54) is 4.68 Å². The Morgan fingerprint density at radius 1 is 1.56 bits per heavy atom. The largest absolute Gasteiger partial charge is 0.379 e. The van der Waals surface area contributed by atoms with Gasteiger partial charge in [0.2, 0.25) is 0 Å². The molecule has 0 fully saturated rings. The topological polar surface area (TPSA) is 46.9 Å². The molecule has 4 nitrogen and oxygen atoms in total. The van der Waals surface area contributed by atoms with E-state index in [1.807, 2.05) is 13.8 Å². The first-order chi connectivity index (χ1) is 8.51. The molecule has 1 aromatic rings. The Hall–Kier alpha value is -0.680. The monoisotopic (exact) mass is 289 g/mol. The first kappa shape index (κ1) is 15.4. The number of hydrogen-bond donors (Lipinski definition) is 1. The van der Waals surface area contributed by atoms with Gasteiger partial charge >= 0.3 is 0 Å². The number of nitrogens with one attached hydrogen (secondary N) is 1. The second-order valence-corrected chi connectivity index (χ2v) is 5.71. The Morgan fingerprint density at radius 2 is 2.22 bits per heavy atom. The van der Waals surface area contributed by atoms with Crippen LogP contribution in [0, 0.1) is 0 Å². The van der Waals surface area contributed by atoms with Gasteiger partial charge in [-0.05, 0) is 26.5 Å². The second-order valence-electron chi connectivity index (χ2n) is 4.42. The summed E-state index contributed by atoms with van der Waals surface area (Å²) in [5, 5.41) is 7.63. The maximum absolute atomic E-state index is 12.0. The van der Waals surface area contributed by atoms with Crippen molar-refractivity contribution >= 4 is 29.1 Å². The summed E-state index contributed by atoms with van der Waals surface area (Å²) in [6.07, 6.45) is 4.66. The predicted molar refractivity (Wildman–Crippen MR) is 80.0 cm³/mol. The van der Waals surface area contributed by atoms with Crippen molar-refractivity contribution in [2.75, 3.05) is 17.3 Å². The Kier molecular flexibility index (Phi) is 6.02. The van der Waals surface area contributed by atoms with Crippen molar-refractivity contribution in [3.63, 3.8) is 0 Å². The average molecular weight is 290 g/mol. The lowest BCUT2D eigenvalue weighted by Crippen LogP contribution is -2.28. The number of thioether (sulfide) groups is 1. The molecule has 0 aliphatic carbocycles. The standard InChI is InChI=1S/C12H20ClN3OS/c1-5-9(7-18-4)15-10-6-14-16(8(2)3)12(17)11(10)13/h6,8-9,15H,5,7H2,1-4H3. The molecule has 0 saturated carbocycles. The highest BCUT2D eigenvalue weighted by atomic mass is 35.5. The quantitative estimate of drug-likeness (QED) is 0.874. The third-order valence-corrected chi connectivity index (χ3v) is 3.75. The van der Waals surface area contributed by atoms with Gasteiger partial charge in [0.25, 0.3) is 5.56 Å². The predicted octanol–water partition coefficient (Wildman–Crippen LogP) is 3.03. The molecule has 0 amide bonds. The highest BCUT2D eigenvalue weighted by Gasteiger charge is 2.13. The Bertz CT molecular complexity index is 447. The summed E-state index contributed by atoms with van der Waals surface area (Å²) in [7, 11) is 0. The van der Waals surface area contributed by atoms with Crippen LogP contribution in [0.1, 0.15) is 33.2 Å². The van der Waals surface area contributed by atoms with E-state index in [4.69, 9.17) is 11.6 Å². The molecule has 1 heterocycles. The Labute approximate surface area is 117 Å². The third kappa shape index (κ3) is 3.65. The van der Waals surface area contributed by atoms with E-state index in [2.05, 4.69) is 23.6 Å². The maximum atomic E-state index is 12.0. The second kappa shape index (κ2) is 7.04. The molecular weight excluding hydrogens is 270 g/mol. The molecule has 0 saturated heterocycles. The van der Waals surface area contributed by atoms with Crippen molar-refractivity contribution in [2.24, 2.45) is 0 Å². The lowest BCUT2D eigenvalue weighted by atomic mass is 10.2.